The standard InChI is InChI=1S/C13H20N2/c1-10-7-11(2)9-15(8-10)13-5-3-12(14)4-6-13/h3-6,10-11H,7-9,14H2,1-2H3/t10-,11+. The van der Waals surface area contributed by atoms with Gasteiger partial charge in [-0.1, -0.05) is 13.8 Å². The van der Waals surface area contributed by atoms with E-state index in [9.17, 15) is 0 Å². The third kappa shape index (κ3) is 2.44. The molecule has 0 bridgehead atoms. The predicted molar refractivity (Wildman–Crippen MR) is 66.0 cm³/mol. The zero-order chi connectivity index (χ0) is 10.8. The largest absolute Gasteiger partial charge is 0.399 e. The summed E-state index contributed by atoms with van der Waals surface area (Å²) in [5.41, 5.74) is 7.84. The summed E-state index contributed by atoms with van der Waals surface area (Å²) in [6.45, 7) is 7.02. The van der Waals surface area contributed by atoms with Crippen LogP contribution in [0.2, 0.25) is 0 Å². The number of nitrogen functional groups attached to an aromatic ring is 1. The van der Waals surface area contributed by atoms with E-state index in [1.165, 1.54) is 25.2 Å². The minimum absolute atomic E-state index is 0.798. The highest BCUT2D eigenvalue weighted by Crippen LogP contribution is 2.26. The second kappa shape index (κ2) is 4.13. The molecule has 1 aliphatic rings. The zero-order valence-corrected chi connectivity index (χ0v) is 9.61. The van der Waals surface area contributed by atoms with Crippen molar-refractivity contribution in [2.45, 2.75) is 20.3 Å². The number of anilines is 2. The highest BCUT2D eigenvalue weighted by atomic mass is 15.1. The molecule has 0 saturated carbocycles. The molecule has 1 aromatic carbocycles. The number of rotatable bonds is 1. The van der Waals surface area contributed by atoms with Crippen LogP contribution in [0.1, 0.15) is 20.3 Å². The minimum Gasteiger partial charge on any atom is -0.399 e. The Hall–Kier alpha value is -1.18. The van der Waals surface area contributed by atoms with Crippen LogP contribution in [0.4, 0.5) is 11.4 Å². The molecule has 2 N–H and O–H groups in total. The molecule has 0 aliphatic carbocycles. The highest BCUT2D eigenvalue weighted by molar-refractivity contribution is 5.53. The summed E-state index contributed by atoms with van der Waals surface area (Å²) in [6.07, 6.45) is 1.35. The van der Waals surface area contributed by atoms with Gasteiger partial charge < -0.3 is 10.6 Å². The first-order valence-corrected chi connectivity index (χ1v) is 5.75. The van der Waals surface area contributed by atoms with E-state index in [2.05, 4.69) is 30.9 Å². The van der Waals surface area contributed by atoms with E-state index in [0.717, 1.165) is 17.5 Å². The van der Waals surface area contributed by atoms with E-state index in [0.29, 0.717) is 0 Å². The van der Waals surface area contributed by atoms with Crippen molar-refractivity contribution >= 4 is 11.4 Å². The van der Waals surface area contributed by atoms with Crippen LogP contribution >= 0.6 is 0 Å². The van der Waals surface area contributed by atoms with Crippen molar-refractivity contribution in [3.8, 4) is 0 Å². The lowest BCUT2D eigenvalue weighted by molar-refractivity contribution is 0.357. The Bertz CT molecular complexity index is 308. The molecular weight excluding hydrogens is 184 g/mol. The first-order valence-electron chi connectivity index (χ1n) is 5.75. The summed E-state index contributed by atoms with van der Waals surface area (Å²) in [7, 11) is 0. The third-order valence-electron chi connectivity index (χ3n) is 3.13. The van der Waals surface area contributed by atoms with Gasteiger partial charge in [-0.2, -0.15) is 0 Å². The van der Waals surface area contributed by atoms with Crippen LogP contribution in [0.15, 0.2) is 24.3 Å². The molecule has 0 amide bonds. The lowest BCUT2D eigenvalue weighted by Crippen LogP contribution is -2.38. The maximum Gasteiger partial charge on any atom is 0.0367 e. The summed E-state index contributed by atoms with van der Waals surface area (Å²) in [5.74, 6) is 1.60. The van der Waals surface area contributed by atoms with E-state index in [-0.39, 0.29) is 0 Å². The molecule has 1 fully saturated rings. The van der Waals surface area contributed by atoms with Gasteiger partial charge in [0.2, 0.25) is 0 Å². The van der Waals surface area contributed by atoms with Crippen molar-refractivity contribution in [1.29, 1.82) is 0 Å². The molecule has 2 atom stereocenters. The Kier molecular flexibility index (Phi) is 2.85. The molecule has 2 rings (SSSR count). The summed E-state index contributed by atoms with van der Waals surface area (Å²) in [6, 6.07) is 8.22. The van der Waals surface area contributed by atoms with E-state index in [1.807, 2.05) is 12.1 Å². The molecular formula is C13H20N2. The SMILES string of the molecule is C[C@@H]1C[C@H](C)CN(c2ccc(N)cc2)C1. The minimum atomic E-state index is 0.798. The molecule has 1 aliphatic heterocycles. The molecule has 0 aromatic heterocycles. The van der Waals surface area contributed by atoms with Crippen LogP contribution in [-0.2, 0) is 0 Å². The lowest BCUT2D eigenvalue weighted by atomic mass is 9.91. The molecule has 2 heteroatoms. The van der Waals surface area contributed by atoms with Crippen molar-refractivity contribution in [2.24, 2.45) is 11.8 Å². The first kappa shape index (κ1) is 10.3. The average molecular weight is 204 g/mol. The van der Waals surface area contributed by atoms with Crippen LogP contribution in [0.25, 0.3) is 0 Å². The van der Waals surface area contributed by atoms with Crippen molar-refractivity contribution in [2.75, 3.05) is 23.7 Å². The summed E-state index contributed by atoms with van der Waals surface area (Å²) >= 11 is 0. The fourth-order valence-corrected chi connectivity index (χ4v) is 2.56. The van der Waals surface area contributed by atoms with Crippen LogP contribution < -0.4 is 10.6 Å². The lowest BCUT2D eigenvalue weighted by Gasteiger charge is -2.36. The molecule has 1 heterocycles. The van der Waals surface area contributed by atoms with Crippen molar-refractivity contribution < 1.29 is 0 Å². The average Bonchev–Trinajstić information content (AvgIpc) is 2.17. The second-order valence-corrected chi connectivity index (χ2v) is 4.94. The molecule has 2 nitrogen and oxygen atoms in total. The van der Waals surface area contributed by atoms with Crippen LogP contribution in [0, 0.1) is 11.8 Å². The van der Waals surface area contributed by atoms with Gasteiger partial charge in [-0.05, 0) is 42.5 Å². The Morgan fingerprint density at radius 3 is 2.13 bits per heavy atom. The van der Waals surface area contributed by atoms with Gasteiger partial charge in [0.1, 0.15) is 0 Å². The number of nitrogens with zero attached hydrogens (tertiary/aromatic N) is 1. The second-order valence-electron chi connectivity index (χ2n) is 4.94. The summed E-state index contributed by atoms with van der Waals surface area (Å²) in [4.78, 5) is 2.47. The van der Waals surface area contributed by atoms with Gasteiger partial charge in [-0.15, -0.1) is 0 Å². The molecule has 15 heavy (non-hydrogen) atoms. The van der Waals surface area contributed by atoms with Gasteiger partial charge in [0.05, 0.1) is 0 Å². The van der Waals surface area contributed by atoms with Gasteiger partial charge in [-0.3, -0.25) is 0 Å². The van der Waals surface area contributed by atoms with E-state index in [4.69, 9.17) is 5.73 Å². The van der Waals surface area contributed by atoms with Gasteiger partial charge in [0.15, 0.2) is 0 Å². The Balaban J connectivity index is 2.12. The maximum absolute atomic E-state index is 5.69. The van der Waals surface area contributed by atoms with Gasteiger partial charge >= 0.3 is 0 Å². The van der Waals surface area contributed by atoms with Crippen molar-refractivity contribution in [1.82, 2.24) is 0 Å². The number of benzene rings is 1. The van der Waals surface area contributed by atoms with Crippen LogP contribution in [0.3, 0.4) is 0 Å². The van der Waals surface area contributed by atoms with Crippen molar-refractivity contribution in [3.05, 3.63) is 24.3 Å². The quantitative estimate of drug-likeness (QED) is 0.713. The topological polar surface area (TPSA) is 29.3 Å². The molecule has 1 saturated heterocycles. The first-order chi connectivity index (χ1) is 7.15. The van der Waals surface area contributed by atoms with E-state index < -0.39 is 0 Å². The Labute approximate surface area is 92.1 Å². The molecule has 0 unspecified atom stereocenters. The smallest absolute Gasteiger partial charge is 0.0367 e. The normalized spacial score (nSPS) is 26.7. The summed E-state index contributed by atoms with van der Waals surface area (Å²) < 4.78 is 0. The molecule has 82 valence electrons. The predicted octanol–water partition coefficient (Wildman–Crippen LogP) is 2.75. The van der Waals surface area contributed by atoms with Gasteiger partial charge in [-0.25, -0.2) is 0 Å². The maximum atomic E-state index is 5.69. The zero-order valence-electron chi connectivity index (χ0n) is 9.61. The number of hydrogen-bond acceptors (Lipinski definition) is 2. The number of nitrogens with two attached hydrogens (primary N) is 1. The number of hydrogen-bond donors (Lipinski definition) is 1. The van der Waals surface area contributed by atoms with Crippen LogP contribution in [-0.4, -0.2) is 13.1 Å². The van der Waals surface area contributed by atoms with E-state index >= 15 is 0 Å². The number of piperidine rings is 1. The molecule has 0 radical (unpaired) electrons. The fraction of sp³-hybridized carbons (Fsp3) is 0.538. The molecule has 0 spiro atoms. The third-order valence-corrected chi connectivity index (χ3v) is 3.13. The molecule has 1 aromatic rings. The monoisotopic (exact) mass is 204 g/mol. The van der Waals surface area contributed by atoms with Gasteiger partial charge in [0.25, 0.3) is 0 Å². The van der Waals surface area contributed by atoms with Crippen LogP contribution in [0.5, 0.6) is 0 Å². The highest BCUT2D eigenvalue weighted by Gasteiger charge is 2.21. The van der Waals surface area contributed by atoms with Gasteiger partial charge in [0, 0.05) is 24.5 Å². The van der Waals surface area contributed by atoms with Crippen molar-refractivity contribution in [3.63, 3.8) is 0 Å². The fourth-order valence-electron chi connectivity index (χ4n) is 2.56. The Morgan fingerprint density at radius 2 is 1.60 bits per heavy atom. The Morgan fingerprint density at radius 1 is 1.07 bits per heavy atom. The van der Waals surface area contributed by atoms with E-state index in [1.54, 1.807) is 0 Å². The summed E-state index contributed by atoms with van der Waals surface area (Å²) in [5, 5.41) is 0.